The second-order valence-electron chi connectivity index (χ2n) is 3.72. The van der Waals surface area contributed by atoms with Crippen molar-refractivity contribution in [3.63, 3.8) is 0 Å². The summed E-state index contributed by atoms with van der Waals surface area (Å²) in [7, 11) is 0. The molecular weight excluding hydrogens is 294 g/mol. The van der Waals surface area contributed by atoms with Crippen LogP contribution < -0.4 is 5.43 Å². The van der Waals surface area contributed by atoms with Crippen LogP contribution in [0, 0.1) is 0 Å². The summed E-state index contributed by atoms with van der Waals surface area (Å²) in [6.45, 7) is 0. The number of nitrogens with one attached hydrogen (secondary N) is 2. The number of amides is 1. The van der Waals surface area contributed by atoms with Crippen LogP contribution in [-0.2, 0) is 11.2 Å². The van der Waals surface area contributed by atoms with Crippen molar-refractivity contribution in [2.75, 3.05) is 0 Å². The third-order valence-electron chi connectivity index (χ3n) is 2.29. The summed E-state index contributed by atoms with van der Waals surface area (Å²) >= 11 is 3.35. The van der Waals surface area contributed by atoms with Crippen molar-refractivity contribution >= 4 is 28.1 Å². The van der Waals surface area contributed by atoms with Crippen molar-refractivity contribution in [1.29, 1.82) is 0 Å². The zero-order valence-electron chi connectivity index (χ0n) is 9.56. The Morgan fingerprint density at radius 3 is 2.78 bits per heavy atom. The normalized spacial score (nSPS) is 10.7. The first-order valence-electron chi connectivity index (χ1n) is 5.44. The number of hydrogen-bond acceptors (Lipinski definition) is 2. The van der Waals surface area contributed by atoms with Crippen LogP contribution in [0.1, 0.15) is 11.3 Å². The van der Waals surface area contributed by atoms with E-state index in [9.17, 15) is 4.79 Å². The standard InChI is InChI=1S/C13H12BrN3O/c14-11-5-3-10(4-6-11)8-13(18)17-16-9-12-2-1-7-15-12/h1-7,9,15H,8H2,(H,17,18)/b16-9+. The summed E-state index contributed by atoms with van der Waals surface area (Å²) in [4.78, 5) is 14.5. The maximum Gasteiger partial charge on any atom is 0.244 e. The third-order valence-corrected chi connectivity index (χ3v) is 2.82. The number of rotatable bonds is 4. The Morgan fingerprint density at radius 2 is 2.11 bits per heavy atom. The number of halogens is 1. The smallest absolute Gasteiger partial charge is 0.244 e. The average Bonchev–Trinajstić information content (AvgIpc) is 2.85. The zero-order valence-corrected chi connectivity index (χ0v) is 11.1. The molecule has 0 saturated carbocycles. The first kappa shape index (κ1) is 12.6. The monoisotopic (exact) mass is 305 g/mol. The van der Waals surface area contributed by atoms with Gasteiger partial charge in [0.15, 0.2) is 0 Å². The van der Waals surface area contributed by atoms with E-state index in [2.05, 4.69) is 31.4 Å². The number of aromatic amines is 1. The number of nitrogens with zero attached hydrogens (tertiary/aromatic N) is 1. The number of carbonyl (C=O) groups is 1. The second-order valence-corrected chi connectivity index (χ2v) is 4.64. The van der Waals surface area contributed by atoms with E-state index in [0.717, 1.165) is 15.7 Å². The van der Waals surface area contributed by atoms with Crippen molar-refractivity contribution in [1.82, 2.24) is 10.4 Å². The number of H-pyrrole nitrogens is 1. The fourth-order valence-electron chi connectivity index (χ4n) is 1.43. The molecule has 92 valence electrons. The molecule has 1 heterocycles. The van der Waals surface area contributed by atoms with Crippen molar-refractivity contribution in [3.8, 4) is 0 Å². The van der Waals surface area contributed by atoms with Crippen LogP contribution in [-0.4, -0.2) is 17.1 Å². The molecule has 0 spiro atoms. The molecule has 0 bridgehead atoms. The maximum atomic E-state index is 11.6. The molecule has 0 aliphatic rings. The molecule has 0 aliphatic heterocycles. The van der Waals surface area contributed by atoms with E-state index in [-0.39, 0.29) is 5.91 Å². The van der Waals surface area contributed by atoms with Gasteiger partial charge in [0.1, 0.15) is 0 Å². The van der Waals surface area contributed by atoms with Crippen LogP contribution in [0.4, 0.5) is 0 Å². The zero-order chi connectivity index (χ0) is 12.8. The first-order valence-corrected chi connectivity index (χ1v) is 6.23. The summed E-state index contributed by atoms with van der Waals surface area (Å²) in [5.41, 5.74) is 4.28. The topological polar surface area (TPSA) is 57.2 Å². The Bertz CT molecular complexity index is 532. The fourth-order valence-corrected chi connectivity index (χ4v) is 1.69. The van der Waals surface area contributed by atoms with Gasteiger partial charge in [0.05, 0.1) is 18.3 Å². The fraction of sp³-hybridized carbons (Fsp3) is 0.0769. The van der Waals surface area contributed by atoms with Crippen LogP contribution in [0.15, 0.2) is 52.2 Å². The maximum absolute atomic E-state index is 11.6. The molecule has 2 N–H and O–H groups in total. The Hall–Kier alpha value is -1.88. The SMILES string of the molecule is O=C(Cc1ccc(Br)cc1)N/N=C/c1ccc[nH]1. The highest BCUT2D eigenvalue weighted by Gasteiger charge is 2.01. The molecule has 18 heavy (non-hydrogen) atoms. The molecule has 0 saturated heterocycles. The van der Waals surface area contributed by atoms with Gasteiger partial charge >= 0.3 is 0 Å². The molecule has 0 aliphatic carbocycles. The molecular formula is C13H12BrN3O. The lowest BCUT2D eigenvalue weighted by atomic mass is 10.1. The largest absolute Gasteiger partial charge is 0.360 e. The summed E-state index contributed by atoms with van der Waals surface area (Å²) < 4.78 is 0.997. The molecule has 4 nitrogen and oxygen atoms in total. The van der Waals surface area contributed by atoms with Gasteiger partial charge in [-0.25, -0.2) is 5.43 Å². The molecule has 2 rings (SSSR count). The Balaban J connectivity index is 1.84. The van der Waals surface area contributed by atoms with Crippen LogP contribution in [0.3, 0.4) is 0 Å². The van der Waals surface area contributed by atoms with Gasteiger partial charge in [-0.15, -0.1) is 0 Å². The Morgan fingerprint density at radius 1 is 1.33 bits per heavy atom. The molecule has 1 amide bonds. The van der Waals surface area contributed by atoms with E-state index in [4.69, 9.17) is 0 Å². The van der Waals surface area contributed by atoms with Gasteiger partial charge in [0.2, 0.25) is 5.91 Å². The quantitative estimate of drug-likeness (QED) is 0.661. The predicted molar refractivity (Wildman–Crippen MR) is 74.4 cm³/mol. The van der Waals surface area contributed by atoms with E-state index < -0.39 is 0 Å². The summed E-state index contributed by atoms with van der Waals surface area (Å²) in [6.07, 6.45) is 3.68. The lowest BCUT2D eigenvalue weighted by Crippen LogP contribution is -2.19. The van der Waals surface area contributed by atoms with Crippen molar-refractivity contribution < 1.29 is 4.79 Å². The van der Waals surface area contributed by atoms with Crippen molar-refractivity contribution in [2.24, 2.45) is 5.10 Å². The molecule has 1 aromatic carbocycles. The number of benzene rings is 1. The van der Waals surface area contributed by atoms with Crippen LogP contribution in [0.25, 0.3) is 0 Å². The second kappa shape index (κ2) is 6.16. The lowest BCUT2D eigenvalue weighted by molar-refractivity contribution is -0.120. The molecule has 5 heteroatoms. The van der Waals surface area contributed by atoms with Gasteiger partial charge in [-0.05, 0) is 29.8 Å². The Labute approximate surface area is 113 Å². The summed E-state index contributed by atoms with van der Waals surface area (Å²) in [5.74, 6) is -0.139. The number of hydrazone groups is 1. The van der Waals surface area contributed by atoms with E-state index in [1.165, 1.54) is 0 Å². The molecule has 0 fully saturated rings. The highest BCUT2D eigenvalue weighted by atomic mass is 79.9. The van der Waals surface area contributed by atoms with Gasteiger partial charge in [0, 0.05) is 10.7 Å². The van der Waals surface area contributed by atoms with E-state index in [1.54, 1.807) is 12.4 Å². The average molecular weight is 306 g/mol. The molecule has 0 atom stereocenters. The number of aromatic nitrogens is 1. The predicted octanol–water partition coefficient (Wildman–Crippen LogP) is 2.47. The third kappa shape index (κ3) is 3.85. The van der Waals surface area contributed by atoms with Crippen LogP contribution in [0.5, 0.6) is 0 Å². The van der Waals surface area contributed by atoms with Gasteiger partial charge in [-0.3, -0.25) is 4.79 Å². The summed E-state index contributed by atoms with van der Waals surface area (Å²) in [5, 5.41) is 3.86. The van der Waals surface area contributed by atoms with Crippen LogP contribution in [0.2, 0.25) is 0 Å². The first-order chi connectivity index (χ1) is 8.74. The van der Waals surface area contributed by atoms with Crippen molar-refractivity contribution in [2.45, 2.75) is 6.42 Å². The highest BCUT2D eigenvalue weighted by molar-refractivity contribution is 9.10. The molecule has 1 aromatic heterocycles. The van der Waals surface area contributed by atoms with Crippen LogP contribution >= 0.6 is 15.9 Å². The van der Waals surface area contributed by atoms with Gasteiger partial charge < -0.3 is 4.98 Å². The lowest BCUT2D eigenvalue weighted by Gasteiger charge is -2.00. The molecule has 0 unspecified atom stereocenters. The van der Waals surface area contributed by atoms with E-state index in [0.29, 0.717) is 6.42 Å². The van der Waals surface area contributed by atoms with Gasteiger partial charge in [-0.2, -0.15) is 5.10 Å². The molecule has 0 radical (unpaired) electrons. The number of hydrogen-bond donors (Lipinski definition) is 2. The highest BCUT2D eigenvalue weighted by Crippen LogP contribution is 2.10. The van der Waals surface area contributed by atoms with Crippen molar-refractivity contribution in [3.05, 3.63) is 58.3 Å². The minimum Gasteiger partial charge on any atom is -0.360 e. The molecule has 2 aromatic rings. The summed E-state index contributed by atoms with van der Waals surface area (Å²) in [6, 6.07) is 11.3. The Kier molecular flexibility index (Phi) is 4.30. The minimum absolute atomic E-state index is 0.139. The van der Waals surface area contributed by atoms with Gasteiger partial charge in [0.25, 0.3) is 0 Å². The van der Waals surface area contributed by atoms with E-state index in [1.807, 2.05) is 36.4 Å². The van der Waals surface area contributed by atoms with E-state index >= 15 is 0 Å². The minimum atomic E-state index is -0.139. The number of carbonyl (C=O) groups excluding carboxylic acids is 1. The van der Waals surface area contributed by atoms with Gasteiger partial charge in [-0.1, -0.05) is 28.1 Å².